The fourth-order valence-electron chi connectivity index (χ4n) is 1.64. The molecule has 120 valence electrons. The normalized spacial score (nSPS) is 14.5. The molecule has 2 heterocycles. The smallest absolute Gasteiger partial charge is 0.337 e. The van der Waals surface area contributed by atoms with Gasteiger partial charge in [0, 0.05) is 11.4 Å². The number of urea groups is 1. The second-order valence-electron chi connectivity index (χ2n) is 4.04. The van der Waals surface area contributed by atoms with Crippen LogP contribution in [0.2, 0.25) is 0 Å². The fraction of sp³-hybridized carbons (Fsp3) is 0.500. The van der Waals surface area contributed by atoms with E-state index in [2.05, 4.69) is 27.8 Å². The Hall–Kier alpha value is -1.26. The predicted molar refractivity (Wildman–Crippen MR) is 87.2 cm³/mol. The molecule has 0 aromatic carbocycles. The monoisotopic (exact) mass is 360 g/mol. The van der Waals surface area contributed by atoms with E-state index in [1.165, 1.54) is 23.1 Å². The Morgan fingerprint density at radius 1 is 1.32 bits per heavy atom. The van der Waals surface area contributed by atoms with Crippen molar-refractivity contribution < 1.29 is 14.3 Å². The van der Waals surface area contributed by atoms with Crippen molar-refractivity contribution in [3.63, 3.8) is 0 Å². The second kappa shape index (κ2) is 8.39. The molecule has 0 fully saturated rings. The van der Waals surface area contributed by atoms with E-state index in [1.807, 2.05) is 0 Å². The third kappa shape index (κ3) is 4.62. The number of nitrogens with one attached hydrogen (secondary N) is 2. The van der Waals surface area contributed by atoms with Gasteiger partial charge in [-0.2, -0.15) is 0 Å². The summed E-state index contributed by atoms with van der Waals surface area (Å²) >= 11 is 4.58. The number of esters is 1. The molecule has 0 unspecified atom stereocenters. The van der Waals surface area contributed by atoms with Gasteiger partial charge >= 0.3 is 12.0 Å². The van der Waals surface area contributed by atoms with Gasteiger partial charge in [0.25, 0.3) is 0 Å². The van der Waals surface area contributed by atoms with E-state index in [1.54, 1.807) is 18.7 Å². The Morgan fingerprint density at radius 3 is 2.73 bits per heavy atom. The molecule has 0 atom stereocenters. The molecule has 1 aromatic heterocycles. The van der Waals surface area contributed by atoms with E-state index in [0.717, 1.165) is 14.4 Å². The highest BCUT2D eigenvalue weighted by atomic mass is 32.2. The van der Waals surface area contributed by atoms with E-state index in [9.17, 15) is 9.59 Å². The molecule has 2 rings (SSSR count). The number of hydrogen-bond donors (Lipinski definition) is 2. The highest BCUT2D eigenvalue weighted by molar-refractivity contribution is 8.03. The zero-order chi connectivity index (χ0) is 15.9. The third-order valence-electron chi connectivity index (χ3n) is 2.57. The predicted octanol–water partition coefficient (Wildman–Crippen LogP) is 1.87. The number of aromatic nitrogens is 2. The standard InChI is InChI=1S/C12H16N4O3S3/c1-3-19-9(17)7-5-13-10(18)14-8(7)6-21-12-16-15-11(22-12)20-4-2/h3-6H2,1-2H3,(H2,13,14,18). The summed E-state index contributed by atoms with van der Waals surface area (Å²) in [5.74, 6) is 0.969. The molecule has 2 amide bonds. The van der Waals surface area contributed by atoms with Gasteiger partial charge in [0.05, 0.1) is 18.7 Å². The Balaban J connectivity index is 2.05. The van der Waals surface area contributed by atoms with Gasteiger partial charge < -0.3 is 15.4 Å². The van der Waals surface area contributed by atoms with E-state index in [-0.39, 0.29) is 12.6 Å². The molecular formula is C12H16N4O3S3. The minimum atomic E-state index is -0.412. The molecule has 0 spiro atoms. The highest BCUT2D eigenvalue weighted by Crippen LogP contribution is 2.29. The van der Waals surface area contributed by atoms with Crippen LogP contribution in [-0.4, -0.2) is 46.9 Å². The summed E-state index contributed by atoms with van der Waals surface area (Å²) in [7, 11) is 0. The number of amides is 2. The molecule has 1 aromatic rings. The fourth-order valence-corrected chi connectivity index (χ4v) is 4.54. The van der Waals surface area contributed by atoms with Crippen LogP contribution in [0.1, 0.15) is 13.8 Å². The molecule has 0 saturated heterocycles. The Morgan fingerprint density at radius 2 is 2.05 bits per heavy atom. The van der Waals surface area contributed by atoms with E-state index < -0.39 is 5.97 Å². The number of thioether (sulfide) groups is 2. The van der Waals surface area contributed by atoms with E-state index >= 15 is 0 Å². The minimum absolute atomic E-state index is 0.174. The first-order valence-corrected chi connectivity index (χ1v) is 9.45. The topological polar surface area (TPSA) is 93.2 Å². The van der Waals surface area contributed by atoms with Crippen LogP contribution in [0, 0.1) is 0 Å². The maximum absolute atomic E-state index is 11.9. The van der Waals surface area contributed by atoms with Crippen LogP contribution in [0.4, 0.5) is 4.79 Å². The van der Waals surface area contributed by atoms with Crippen LogP contribution in [0.3, 0.4) is 0 Å². The number of nitrogens with zero attached hydrogens (tertiary/aromatic N) is 2. The summed E-state index contributed by atoms with van der Waals surface area (Å²) in [6.45, 7) is 4.27. The van der Waals surface area contributed by atoms with Gasteiger partial charge in [-0.3, -0.25) is 0 Å². The molecule has 0 saturated carbocycles. The second-order valence-corrected chi connectivity index (χ2v) is 7.75. The third-order valence-corrected chi connectivity index (χ3v) is 5.67. The van der Waals surface area contributed by atoms with Gasteiger partial charge in [0.15, 0.2) is 8.68 Å². The van der Waals surface area contributed by atoms with Crippen LogP contribution in [-0.2, 0) is 9.53 Å². The Labute approximate surface area is 140 Å². The zero-order valence-electron chi connectivity index (χ0n) is 12.2. The van der Waals surface area contributed by atoms with Crippen LogP contribution in [0.25, 0.3) is 0 Å². The lowest BCUT2D eigenvalue weighted by molar-refractivity contribution is -0.138. The molecule has 7 nitrogen and oxygen atoms in total. The molecule has 0 aliphatic carbocycles. The molecule has 22 heavy (non-hydrogen) atoms. The van der Waals surface area contributed by atoms with Gasteiger partial charge in [-0.25, -0.2) is 9.59 Å². The summed E-state index contributed by atoms with van der Waals surface area (Å²) in [5.41, 5.74) is 1.01. The lowest BCUT2D eigenvalue weighted by atomic mass is 10.2. The Bertz CT molecular complexity index is 588. The van der Waals surface area contributed by atoms with E-state index in [0.29, 0.717) is 23.6 Å². The average Bonchev–Trinajstić information content (AvgIpc) is 2.93. The summed E-state index contributed by atoms with van der Waals surface area (Å²) in [5, 5.41) is 13.4. The highest BCUT2D eigenvalue weighted by Gasteiger charge is 2.23. The molecule has 1 aliphatic rings. The first-order valence-electron chi connectivity index (χ1n) is 6.67. The molecule has 0 radical (unpaired) electrons. The first-order chi connectivity index (χ1) is 10.6. The first kappa shape index (κ1) is 17.1. The maximum atomic E-state index is 11.9. The van der Waals surface area contributed by atoms with Crippen molar-refractivity contribution in [2.45, 2.75) is 22.5 Å². The largest absolute Gasteiger partial charge is 0.463 e. The molecule has 10 heteroatoms. The van der Waals surface area contributed by atoms with Crippen molar-refractivity contribution in [1.29, 1.82) is 0 Å². The zero-order valence-corrected chi connectivity index (χ0v) is 14.6. The van der Waals surface area contributed by atoms with Gasteiger partial charge in [-0.05, 0) is 12.7 Å². The van der Waals surface area contributed by atoms with Crippen LogP contribution < -0.4 is 10.6 Å². The number of rotatable bonds is 7. The lowest BCUT2D eigenvalue weighted by Crippen LogP contribution is -2.44. The molecule has 1 aliphatic heterocycles. The summed E-state index contributed by atoms with van der Waals surface area (Å²) in [4.78, 5) is 23.4. The van der Waals surface area contributed by atoms with Crippen LogP contribution in [0.15, 0.2) is 19.9 Å². The average molecular weight is 360 g/mol. The van der Waals surface area contributed by atoms with Gasteiger partial charge in [-0.15, -0.1) is 10.2 Å². The number of carbonyl (C=O) groups excluding carboxylic acids is 2. The molecular weight excluding hydrogens is 344 g/mol. The van der Waals surface area contributed by atoms with Crippen LogP contribution in [0.5, 0.6) is 0 Å². The minimum Gasteiger partial charge on any atom is -0.463 e. The van der Waals surface area contributed by atoms with Crippen molar-refractivity contribution in [1.82, 2.24) is 20.8 Å². The summed E-state index contributed by atoms with van der Waals surface area (Å²) in [6, 6.07) is -0.317. The lowest BCUT2D eigenvalue weighted by Gasteiger charge is -2.20. The van der Waals surface area contributed by atoms with E-state index in [4.69, 9.17) is 4.74 Å². The number of hydrogen-bond acceptors (Lipinski definition) is 8. The van der Waals surface area contributed by atoms with Crippen molar-refractivity contribution in [2.24, 2.45) is 0 Å². The number of carbonyl (C=O) groups is 2. The maximum Gasteiger partial charge on any atom is 0.337 e. The SMILES string of the molecule is CCOC(=O)C1=C(CSc2nnc(SCC)s2)NC(=O)NC1. The van der Waals surface area contributed by atoms with Crippen molar-refractivity contribution in [3.8, 4) is 0 Å². The van der Waals surface area contributed by atoms with Crippen LogP contribution >= 0.6 is 34.9 Å². The molecule has 2 N–H and O–H groups in total. The van der Waals surface area contributed by atoms with Gasteiger partial charge in [0.2, 0.25) is 0 Å². The van der Waals surface area contributed by atoms with Crippen molar-refractivity contribution in [2.75, 3.05) is 24.7 Å². The van der Waals surface area contributed by atoms with Gasteiger partial charge in [-0.1, -0.05) is 41.8 Å². The van der Waals surface area contributed by atoms with Crippen molar-refractivity contribution >= 4 is 46.9 Å². The van der Waals surface area contributed by atoms with Gasteiger partial charge in [0.1, 0.15) is 0 Å². The van der Waals surface area contributed by atoms with Crippen molar-refractivity contribution in [3.05, 3.63) is 11.3 Å². The molecule has 0 bridgehead atoms. The summed E-state index contributed by atoms with van der Waals surface area (Å²) in [6.07, 6.45) is 0. The Kier molecular flexibility index (Phi) is 6.52. The quantitative estimate of drug-likeness (QED) is 0.566. The number of ether oxygens (including phenoxy) is 1. The summed E-state index contributed by atoms with van der Waals surface area (Å²) < 4.78 is 6.73.